The van der Waals surface area contributed by atoms with Gasteiger partial charge in [0.2, 0.25) is 0 Å². The number of hydrogen-bond donors (Lipinski definition) is 2. The average Bonchev–Trinajstić information content (AvgIpc) is 2.32. The number of pyridine rings is 1. The van der Waals surface area contributed by atoms with Crippen LogP contribution in [0.25, 0.3) is 0 Å². The maximum absolute atomic E-state index is 5.67. The highest BCUT2D eigenvalue weighted by Crippen LogP contribution is 2.25. The predicted molar refractivity (Wildman–Crippen MR) is 63.5 cm³/mol. The summed E-state index contributed by atoms with van der Waals surface area (Å²) in [4.78, 5) is 4.03. The lowest BCUT2D eigenvalue weighted by Crippen LogP contribution is -2.25. The minimum absolute atomic E-state index is 0.433. The molecule has 0 saturated heterocycles. The van der Waals surface area contributed by atoms with Crippen molar-refractivity contribution in [3.8, 4) is 0 Å². The van der Waals surface area contributed by atoms with E-state index in [1.807, 2.05) is 12.4 Å². The molecular weight excluding hydrogens is 186 g/mol. The van der Waals surface area contributed by atoms with Crippen LogP contribution in [0.15, 0.2) is 24.5 Å². The highest BCUT2D eigenvalue weighted by molar-refractivity contribution is 5.15. The van der Waals surface area contributed by atoms with Crippen LogP contribution >= 0.6 is 0 Å². The molecule has 3 nitrogen and oxygen atoms in total. The Labute approximate surface area is 91.9 Å². The van der Waals surface area contributed by atoms with E-state index < -0.39 is 0 Å². The first-order chi connectivity index (χ1) is 7.31. The molecule has 84 valence electrons. The molecule has 0 radical (unpaired) electrons. The molecule has 1 atom stereocenters. The molecule has 0 aromatic carbocycles. The van der Waals surface area contributed by atoms with Crippen molar-refractivity contribution in [2.45, 2.75) is 25.7 Å². The molecule has 0 aliphatic rings. The zero-order valence-electron chi connectivity index (χ0n) is 9.39. The lowest BCUT2D eigenvalue weighted by Gasteiger charge is -2.20. The standard InChI is InChI=1S/C12H21N3/c1-2-11(7-10(8-13)9-14)12-3-5-15-6-4-12/h3-6,10-11H,2,7-9,13-14H2,1H3. The summed E-state index contributed by atoms with van der Waals surface area (Å²) >= 11 is 0. The minimum Gasteiger partial charge on any atom is -0.330 e. The molecule has 0 amide bonds. The molecule has 15 heavy (non-hydrogen) atoms. The van der Waals surface area contributed by atoms with Crippen molar-refractivity contribution in [2.24, 2.45) is 17.4 Å². The minimum atomic E-state index is 0.433. The van der Waals surface area contributed by atoms with Crippen LogP contribution in [0.2, 0.25) is 0 Å². The summed E-state index contributed by atoms with van der Waals surface area (Å²) in [6.07, 6.45) is 5.89. The monoisotopic (exact) mass is 207 g/mol. The summed E-state index contributed by atoms with van der Waals surface area (Å²) in [5, 5.41) is 0. The second kappa shape index (κ2) is 6.53. The van der Waals surface area contributed by atoms with E-state index in [2.05, 4.69) is 24.0 Å². The van der Waals surface area contributed by atoms with Gasteiger partial charge in [0.15, 0.2) is 0 Å². The van der Waals surface area contributed by atoms with Crippen LogP contribution in [0, 0.1) is 5.92 Å². The number of rotatable bonds is 6. The fraction of sp³-hybridized carbons (Fsp3) is 0.583. The summed E-state index contributed by atoms with van der Waals surface area (Å²) in [5.41, 5.74) is 12.7. The molecule has 1 aromatic heterocycles. The largest absolute Gasteiger partial charge is 0.330 e. The summed E-state index contributed by atoms with van der Waals surface area (Å²) in [6, 6.07) is 4.16. The van der Waals surface area contributed by atoms with E-state index in [1.165, 1.54) is 5.56 Å². The molecule has 4 N–H and O–H groups in total. The third kappa shape index (κ3) is 3.61. The smallest absolute Gasteiger partial charge is 0.0270 e. The molecular formula is C12H21N3. The molecule has 1 unspecified atom stereocenters. The Morgan fingerprint density at radius 1 is 1.20 bits per heavy atom. The van der Waals surface area contributed by atoms with Gasteiger partial charge in [-0.2, -0.15) is 0 Å². The van der Waals surface area contributed by atoms with Crippen LogP contribution in [-0.2, 0) is 0 Å². The molecule has 0 bridgehead atoms. The molecule has 0 saturated carbocycles. The first kappa shape index (κ1) is 12.1. The van der Waals surface area contributed by atoms with Gasteiger partial charge in [0, 0.05) is 12.4 Å². The van der Waals surface area contributed by atoms with Gasteiger partial charge in [-0.25, -0.2) is 0 Å². The van der Waals surface area contributed by atoms with Gasteiger partial charge in [-0.3, -0.25) is 4.98 Å². The molecule has 0 fully saturated rings. The zero-order chi connectivity index (χ0) is 11.1. The van der Waals surface area contributed by atoms with Gasteiger partial charge in [0.05, 0.1) is 0 Å². The average molecular weight is 207 g/mol. The Kier molecular flexibility index (Phi) is 5.29. The zero-order valence-corrected chi connectivity index (χ0v) is 9.39. The van der Waals surface area contributed by atoms with Crippen LogP contribution in [0.5, 0.6) is 0 Å². The van der Waals surface area contributed by atoms with Crippen molar-refractivity contribution >= 4 is 0 Å². The Morgan fingerprint density at radius 2 is 1.80 bits per heavy atom. The van der Waals surface area contributed by atoms with Crippen molar-refractivity contribution in [3.63, 3.8) is 0 Å². The molecule has 1 aromatic rings. The van der Waals surface area contributed by atoms with E-state index in [0.717, 1.165) is 12.8 Å². The highest BCUT2D eigenvalue weighted by atomic mass is 14.6. The van der Waals surface area contributed by atoms with Gasteiger partial charge in [-0.05, 0) is 55.5 Å². The molecule has 0 spiro atoms. The molecule has 0 aliphatic heterocycles. The van der Waals surface area contributed by atoms with Crippen molar-refractivity contribution in [1.82, 2.24) is 4.98 Å². The summed E-state index contributed by atoms with van der Waals surface area (Å²) < 4.78 is 0. The van der Waals surface area contributed by atoms with Gasteiger partial charge < -0.3 is 11.5 Å². The SMILES string of the molecule is CCC(CC(CN)CN)c1ccncc1. The van der Waals surface area contributed by atoms with Crippen molar-refractivity contribution in [1.29, 1.82) is 0 Å². The number of aromatic nitrogens is 1. The van der Waals surface area contributed by atoms with E-state index in [9.17, 15) is 0 Å². The maximum Gasteiger partial charge on any atom is 0.0270 e. The normalized spacial score (nSPS) is 13.1. The molecule has 1 rings (SSSR count). The fourth-order valence-corrected chi connectivity index (χ4v) is 1.87. The Hall–Kier alpha value is -0.930. The van der Waals surface area contributed by atoms with E-state index in [1.54, 1.807) is 0 Å². The van der Waals surface area contributed by atoms with E-state index in [4.69, 9.17) is 11.5 Å². The van der Waals surface area contributed by atoms with Crippen LogP contribution in [-0.4, -0.2) is 18.1 Å². The van der Waals surface area contributed by atoms with E-state index >= 15 is 0 Å². The lowest BCUT2D eigenvalue weighted by atomic mass is 9.87. The second-order valence-corrected chi connectivity index (χ2v) is 3.96. The Bertz CT molecular complexity index is 257. The van der Waals surface area contributed by atoms with Gasteiger partial charge in [0.1, 0.15) is 0 Å². The third-order valence-corrected chi connectivity index (χ3v) is 2.95. The fourth-order valence-electron chi connectivity index (χ4n) is 1.87. The van der Waals surface area contributed by atoms with Crippen LogP contribution in [0.3, 0.4) is 0 Å². The Morgan fingerprint density at radius 3 is 2.27 bits per heavy atom. The second-order valence-electron chi connectivity index (χ2n) is 3.96. The van der Waals surface area contributed by atoms with Crippen molar-refractivity contribution in [3.05, 3.63) is 30.1 Å². The summed E-state index contributed by atoms with van der Waals surface area (Å²) in [7, 11) is 0. The van der Waals surface area contributed by atoms with Gasteiger partial charge in [-0.15, -0.1) is 0 Å². The highest BCUT2D eigenvalue weighted by Gasteiger charge is 2.14. The van der Waals surface area contributed by atoms with Gasteiger partial charge in [0.25, 0.3) is 0 Å². The quantitative estimate of drug-likeness (QED) is 0.743. The van der Waals surface area contributed by atoms with Crippen LogP contribution < -0.4 is 11.5 Å². The summed E-state index contributed by atoms with van der Waals surface area (Å²) in [5.74, 6) is 0.994. The van der Waals surface area contributed by atoms with E-state index in [0.29, 0.717) is 24.9 Å². The number of nitrogens with two attached hydrogens (primary N) is 2. The predicted octanol–water partition coefficient (Wildman–Crippen LogP) is 1.50. The number of nitrogens with zero attached hydrogens (tertiary/aromatic N) is 1. The molecule has 1 heterocycles. The first-order valence-electron chi connectivity index (χ1n) is 5.61. The third-order valence-electron chi connectivity index (χ3n) is 2.95. The maximum atomic E-state index is 5.67. The topological polar surface area (TPSA) is 64.9 Å². The lowest BCUT2D eigenvalue weighted by molar-refractivity contribution is 0.442. The van der Waals surface area contributed by atoms with Gasteiger partial charge in [-0.1, -0.05) is 6.92 Å². The van der Waals surface area contributed by atoms with Crippen molar-refractivity contribution in [2.75, 3.05) is 13.1 Å². The number of hydrogen-bond acceptors (Lipinski definition) is 3. The van der Waals surface area contributed by atoms with Gasteiger partial charge >= 0.3 is 0 Å². The molecule has 3 heteroatoms. The van der Waals surface area contributed by atoms with E-state index in [-0.39, 0.29) is 0 Å². The van der Waals surface area contributed by atoms with Crippen LogP contribution in [0.4, 0.5) is 0 Å². The Balaban J connectivity index is 2.64. The van der Waals surface area contributed by atoms with Crippen molar-refractivity contribution < 1.29 is 0 Å². The first-order valence-corrected chi connectivity index (χ1v) is 5.61. The summed E-state index contributed by atoms with van der Waals surface area (Å²) in [6.45, 7) is 3.56. The molecule has 0 aliphatic carbocycles. The van der Waals surface area contributed by atoms with Crippen LogP contribution in [0.1, 0.15) is 31.2 Å².